The van der Waals surface area contributed by atoms with Gasteiger partial charge in [0.25, 0.3) is 5.91 Å². The summed E-state index contributed by atoms with van der Waals surface area (Å²) in [5, 5.41) is 14.6. The summed E-state index contributed by atoms with van der Waals surface area (Å²) in [5.74, 6) is -1.55. The van der Waals surface area contributed by atoms with Crippen molar-refractivity contribution in [3.63, 3.8) is 0 Å². The lowest BCUT2D eigenvalue weighted by Crippen LogP contribution is -2.14. The number of carbonyl (C=O) groups excluding carboxylic acids is 1. The lowest BCUT2D eigenvalue weighted by Gasteiger charge is -2.02. The maximum absolute atomic E-state index is 11.5. The van der Waals surface area contributed by atoms with Crippen molar-refractivity contribution < 1.29 is 19.2 Å². The fourth-order valence-electron chi connectivity index (χ4n) is 1.13. The zero-order chi connectivity index (χ0) is 12.3. The lowest BCUT2D eigenvalue weighted by atomic mass is 10.3. The third-order valence-electron chi connectivity index (χ3n) is 1.88. The van der Waals surface area contributed by atoms with Crippen LogP contribution in [0.4, 0.5) is 5.82 Å². The molecule has 0 unspecified atom stereocenters. The van der Waals surface area contributed by atoms with Gasteiger partial charge >= 0.3 is 5.97 Å². The Morgan fingerprint density at radius 1 is 1.24 bits per heavy atom. The Labute approximate surface area is 95.1 Å². The molecule has 0 aliphatic carbocycles. The first-order valence-corrected chi connectivity index (χ1v) is 4.59. The Kier molecular flexibility index (Phi) is 2.82. The molecule has 0 saturated heterocycles. The van der Waals surface area contributed by atoms with Crippen molar-refractivity contribution in [3.05, 3.63) is 41.9 Å². The van der Waals surface area contributed by atoms with Crippen LogP contribution in [0.15, 0.2) is 35.1 Å². The van der Waals surface area contributed by atoms with Gasteiger partial charge in [-0.3, -0.25) is 4.79 Å². The molecule has 0 atom stereocenters. The highest BCUT2D eigenvalue weighted by Gasteiger charge is 2.11. The molecule has 0 aromatic carbocycles. The number of aromatic nitrogens is 2. The van der Waals surface area contributed by atoms with Gasteiger partial charge in [-0.1, -0.05) is 11.2 Å². The predicted octanol–water partition coefficient (Wildman–Crippen LogP) is 1.02. The zero-order valence-electron chi connectivity index (χ0n) is 8.45. The molecular weight excluding hydrogens is 226 g/mol. The number of nitrogens with one attached hydrogen (secondary N) is 1. The van der Waals surface area contributed by atoms with Crippen LogP contribution in [0.5, 0.6) is 0 Å². The van der Waals surface area contributed by atoms with E-state index in [4.69, 9.17) is 5.11 Å². The monoisotopic (exact) mass is 233 g/mol. The predicted molar refractivity (Wildman–Crippen MR) is 55.7 cm³/mol. The number of nitrogens with zero attached hydrogens (tertiary/aromatic N) is 2. The number of pyridine rings is 1. The van der Waals surface area contributed by atoms with E-state index in [9.17, 15) is 9.59 Å². The molecule has 2 rings (SSSR count). The number of carboxylic acid groups (broad SMARTS) is 1. The smallest absolute Gasteiger partial charge is 0.354 e. The van der Waals surface area contributed by atoms with E-state index >= 15 is 0 Å². The summed E-state index contributed by atoms with van der Waals surface area (Å²) in [5.41, 5.74) is -0.0597. The first-order chi connectivity index (χ1) is 8.16. The summed E-state index contributed by atoms with van der Waals surface area (Å²) in [7, 11) is 0. The molecular formula is C10H7N3O4. The van der Waals surface area contributed by atoms with Gasteiger partial charge in [-0.15, -0.1) is 0 Å². The van der Waals surface area contributed by atoms with Crippen molar-refractivity contribution >= 4 is 17.7 Å². The number of rotatable bonds is 3. The summed E-state index contributed by atoms with van der Waals surface area (Å²) in [4.78, 5) is 25.9. The molecule has 86 valence electrons. The normalized spacial score (nSPS) is 9.88. The topological polar surface area (TPSA) is 105 Å². The van der Waals surface area contributed by atoms with Crippen LogP contribution in [0.2, 0.25) is 0 Å². The van der Waals surface area contributed by atoms with E-state index in [1.54, 1.807) is 0 Å². The van der Waals surface area contributed by atoms with Crippen molar-refractivity contribution in [1.29, 1.82) is 0 Å². The van der Waals surface area contributed by atoms with Crippen LogP contribution in [0.3, 0.4) is 0 Å². The average molecular weight is 233 g/mol. The van der Waals surface area contributed by atoms with Gasteiger partial charge < -0.3 is 14.9 Å². The van der Waals surface area contributed by atoms with Gasteiger partial charge in [0, 0.05) is 6.07 Å². The second kappa shape index (κ2) is 4.44. The molecule has 2 N–H and O–H groups in total. The number of aromatic carboxylic acids is 1. The lowest BCUT2D eigenvalue weighted by molar-refractivity contribution is 0.0690. The molecule has 0 bridgehead atoms. The second-order valence-electron chi connectivity index (χ2n) is 3.05. The molecule has 7 heteroatoms. The van der Waals surface area contributed by atoms with E-state index in [1.807, 2.05) is 0 Å². The number of carboxylic acids is 1. The minimum atomic E-state index is -1.16. The molecule has 0 aliphatic heterocycles. The van der Waals surface area contributed by atoms with Crippen molar-refractivity contribution in [2.24, 2.45) is 0 Å². The van der Waals surface area contributed by atoms with E-state index in [0.717, 1.165) is 0 Å². The van der Waals surface area contributed by atoms with Crippen LogP contribution >= 0.6 is 0 Å². The summed E-state index contributed by atoms with van der Waals surface area (Å²) in [6.45, 7) is 0. The van der Waals surface area contributed by atoms with Crippen LogP contribution in [0, 0.1) is 0 Å². The van der Waals surface area contributed by atoms with Gasteiger partial charge in [-0.05, 0) is 12.1 Å². The number of hydrogen-bond acceptors (Lipinski definition) is 5. The molecule has 2 aromatic heterocycles. The number of carbonyl (C=O) groups is 2. The maximum atomic E-state index is 11.5. The first-order valence-electron chi connectivity index (χ1n) is 4.59. The Hall–Kier alpha value is -2.70. The van der Waals surface area contributed by atoms with E-state index < -0.39 is 11.9 Å². The van der Waals surface area contributed by atoms with Gasteiger partial charge in [0.05, 0.1) is 0 Å². The number of hydrogen-bond donors (Lipinski definition) is 2. The van der Waals surface area contributed by atoms with Crippen molar-refractivity contribution in [3.8, 4) is 0 Å². The largest absolute Gasteiger partial charge is 0.477 e. The Bertz CT molecular complexity index is 550. The molecule has 2 aromatic rings. The number of amides is 1. The van der Waals surface area contributed by atoms with Crippen LogP contribution in [0.25, 0.3) is 0 Å². The van der Waals surface area contributed by atoms with Gasteiger partial charge in [0.15, 0.2) is 11.4 Å². The van der Waals surface area contributed by atoms with Gasteiger partial charge in [-0.2, -0.15) is 0 Å². The third-order valence-corrected chi connectivity index (χ3v) is 1.88. The Balaban J connectivity index is 2.16. The fourth-order valence-corrected chi connectivity index (χ4v) is 1.13. The summed E-state index contributed by atoms with van der Waals surface area (Å²) in [6.07, 6.45) is 1.26. The quantitative estimate of drug-likeness (QED) is 0.819. The highest BCUT2D eigenvalue weighted by Crippen LogP contribution is 2.06. The molecule has 0 aliphatic rings. The average Bonchev–Trinajstić information content (AvgIpc) is 2.82. The molecule has 0 fully saturated rings. The minimum absolute atomic E-state index is 0.0903. The SMILES string of the molecule is O=C(O)c1cccc(NC(=O)c2ccon2)n1. The third kappa shape index (κ3) is 2.46. The van der Waals surface area contributed by atoms with Crippen molar-refractivity contribution in [2.75, 3.05) is 5.32 Å². The molecule has 1 amide bonds. The van der Waals surface area contributed by atoms with E-state index in [0.29, 0.717) is 0 Å². The zero-order valence-corrected chi connectivity index (χ0v) is 8.45. The highest BCUT2D eigenvalue weighted by molar-refractivity contribution is 6.02. The molecule has 7 nitrogen and oxygen atoms in total. The van der Waals surface area contributed by atoms with Crippen LogP contribution in [0.1, 0.15) is 21.0 Å². The molecule has 17 heavy (non-hydrogen) atoms. The van der Waals surface area contributed by atoms with Gasteiger partial charge in [-0.25, -0.2) is 9.78 Å². The second-order valence-corrected chi connectivity index (χ2v) is 3.05. The fraction of sp³-hybridized carbons (Fsp3) is 0. The minimum Gasteiger partial charge on any atom is -0.477 e. The standard InChI is InChI=1S/C10H7N3O4/c14-9(6-4-5-17-13-6)12-8-3-1-2-7(11-8)10(15)16/h1-5H,(H,15,16)(H,11,12,14). The summed E-state index contributed by atoms with van der Waals surface area (Å²) in [6, 6.07) is 5.67. The van der Waals surface area contributed by atoms with E-state index in [-0.39, 0.29) is 17.2 Å². The first kappa shape index (κ1) is 10.8. The Morgan fingerprint density at radius 2 is 2.06 bits per heavy atom. The van der Waals surface area contributed by atoms with E-state index in [2.05, 4.69) is 20.0 Å². The summed E-state index contributed by atoms with van der Waals surface area (Å²) < 4.78 is 4.51. The van der Waals surface area contributed by atoms with Crippen molar-refractivity contribution in [1.82, 2.24) is 10.1 Å². The molecule has 2 heterocycles. The van der Waals surface area contributed by atoms with Crippen LogP contribution in [-0.2, 0) is 0 Å². The highest BCUT2D eigenvalue weighted by atomic mass is 16.5. The van der Waals surface area contributed by atoms with E-state index in [1.165, 1.54) is 30.5 Å². The van der Waals surface area contributed by atoms with Crippen LogP contribution in [-0.4, -0.2) is 27.1 Å². The van der Waals surface area contributed by atoms with Crippen LogP contribution < -0.4 is 5.32 Å². The van der Waals surface area contributed by atoms with Gasteiger partial charge in [0.1, 0.15) is 12.1 Å². The molecule has 0 spiro atoms. The maximum Gasteiger partial charge on any atom is 0.354 e. The molecule has 0 radical (unpaired) electrons. The number of anilines is 1. The Morgan fingerprint density at radius 3 is 2.71 bits per heavy atom. The van der Waals surface area contributed by atoms with Gasteiger partial charge in [0.2, 0.25) is 0 Å². The summed E-state index contributed by atoms with van der Waals surface area (Å²) >= 11 is 0. The molecule has 0 saturated carbocycles. The van der Waals surface area contributed by atoms with Crippen molar-refractivity contribution in [2.45, 2.75) is 0 Å².